The van der Waals surface area contributed by atoms with Gasteiger partial charge in [-0.2, -0.15) is 0 Å². The van der Waals surface area contributed by atoms with Crippen LogP contribution < -0.4 is 10.1 Å². The van der Waals surface area contributed by atoms with Crippen LogP contribution in [0, 0.1) is 16.0 Å². The lowest BCUT2D eigenvalue weighted by Gasteiger charge is -2.23. The molecule has 5 nitrogen and oxygen atoms in total. The Labute approximate surface area is 126 Å². The number of nitro benzene ring substituents is 1. The van der Waals surface area contributed by atoms with Gasteiger partial charge in [-0.3, -0.25) is 10.1 Å². The zero-order valence-corrected chi connectivity index (χ0v) is 13.6. The molecule has 0 aliphatic carbocycles. The van der Waals surface area contributed by atoms with E-state index in [1.54, 1.807) is 12.1 Å². The molecule has 1 rings (SSSR count). The zero-order valence-electron chi connectivity index (χ0n) is 13.6. The van der Waals surface area contributed by atoms with Crippen molar-refractivity contribution in [1.29, 1.82) is 0 Å². The van der Waals surface area contributed by atoms with E-state index in [2.05, 4.69) is 33.0 Å². The molecule has 21 heavy (non-hydrogen) atoms. The molecule has 5 heteroatoms. The summed E-state index contributed by atoms with van der Waals surface area (Å²) in [6.45, 7) is 11.6. The maximum atomic E-state index is 11.1. The van der Waals surface area contributed by atoms with Crippen LogP contribution >= 0.6 is 0 Å². The summed E-state index contributed by atoms with van der Waals surface area (Å²) in [7, 11) is 0. The third-order valence-electron chi connectivity index (χ3n) is 3.13. The van der Waals surface area contributed by atoms with Crippen LogP contribution in [-0.4, -0.2) is 23.6 Å². The molecule has 1 atom stereocenters. The van der Waals surface area contributed by atoms with E-state index in [0.717, 1.165) is 18.5 Å². The minimum Gasteiger partial charge on any atom is -0.486 e. The Balaban J connectivity index is 2.64. The number of nitrogens with one attached hydrogen (secondary N) is 1. The molecular formula is C16H26N2O3. The molecule has 0 saturated carbocycles. The Kier molecular flexibility index (Phi) is 6.15. The maximum absolute atomic E-state index is 11.1. The standard InChI is InChI=1S/C16H26N2O3/c1-6-13-7-8-15(14(9-13)18(19)20)21-11-12(2)10-17-16(3,4)5/h7-9,12,17H,6,10-11H2,1-5H3. The van der Waals surface area contributed by atoms with E-state index in [1.807, 2.05) is 13.0 Å². The molecule has 0 fully saturated rings. The van der Waals surface area contributed by atoms with Gasteiger partial charge >= 0.3 is 5.69 Å². The van der Waals surface area contributed by atoms with Crippen molar-refractivity contribution in [1.82, 2.24) is 5.32 Å². The number of nitrogens with zero attached hydrogens (tertiary/aromatic N) is 1. The summed E-state index contributed by atoms with van der Waals surface area (Å²) >= 11 is 0. The van der Waals surface area contributed by atoms with E-state index in [4.69, 9.17) is 4.74 Å². The zero-order chi connectivity index (χ0) is 16.0. The second kappa shape index (κ2) is 7.41. The summed E-state index contributed by atoms with van der Waals surface area (Å²) in [5.41, 5.74) is 1.05. The van der Waals surface area contributed by atoms with Gasteiger partial charge in [0.1, 0.15) is 0 Å². The van der Waals surface area contributed by atoms with Crippen LogP contribution in [0.15, 0.2) is 18.2 Å². The Morgan fingerprint density at radius 2 is 2.05 bits per heavy atom. The van der Waals surface area contributed by atoms with Gasteiger partial charge in [0.25, 0.3) is 0 Å². The van der Waals surface area contributed by atoms with Crippen molar-refractivity contribution in [2.45, 2.75) is 46.6 Å². The van der Waals surface area contributed by atoms with Crippen LogP contribution in [0.25, 0.3) is 0 Å². The Hall–Kier alpha value is -1.62. The third-order valence-corrected chi connectivity index (χ3v) is 3.13. The lowest BCUT2D eigenvalue weighted by Crippen LogP contribution is -2.39. The highest BCUT2D eigenvalue weighted by atomic mass is 16.6. The average Bonchev–Trinajstić information content (AvgIpc) is 2.41. The highest BCUT2D eigenvalue weighted by Gasteiger charge is 2.17. The summed E-state index contributed by atoms with van der Waals surface area (Å²) in [5.74, 6) is 0.620. The van der Waals surface area contributed by atoms with E-state index < -0.39 is 0 Å². The lowest BCUT2D eigenvalue weighted by atomic mass is 10.1. The molecule has 0 radical (unpaired) electrons. The summed E-state index contributed by atoms with van der Waals surface area (Å²) in [4.78, 5) is 10.7. The van der Waals surface area contributed by atoms with Gasteiger partial charge < -0.3 is 10.1 Å². The SMILES string of the molecule is CCc1ccc(OCC(C)CNC(C)(C)C)c([N+](=O)[O-])c1. The van der Waals surface area contributed by atoms with Gasteiger partial charge in [0.05, 0.1) is 11.5 Å². The Bertz CT molecular complexity index is 481. The molecule has 0 aliphatic heterocycles. The second-order valence-corrected chi connectivity index (χ2v) is 6.46. The first-order valence-corrected chi connectivity index (χ1v) is 7.38. The van der Waals surface area contributed by atoms with Gasteiger partial charge in [-0.1, -0.05) is 19.9 Å². The number of hydrogen-bond donors (Lipinski definition) is 1. The number of nitro groups is 1. The van der Waals surface area contributed by atoms with Crippen LogP contribution in [0.3, 0.4) is 0 Å². The monoisotopic (exact) mass is 294 g/mol. The molecule has 0 aliphatic rings. The number of hydrogen-bond acceptors (Lipinski definition) is 4. The fraction of sp³-hybridized carbons (Fsp3) is 0.625. The molecule has 0 aromatic heterocycles. The van der Waals surface area contributed by atoms with Crippen molar-refractivity contribution in [3.63, 3.8) is 0 Å². The van der Waals surface area contributed by atoms with E-state index in [0.29, 0.717) is 12.4 Å². The fourth-order valence-electron chi connectivity index (χ4n) is 1.82. The normalized spacial score (nSPS) is 13.0. The van der Waals surface area contributed by atoms with E-state index in [9.17, 15) is 10.1 Å². The van der Waals surface area contributed by atoms with Gasteiger partial charge in [-0.15, -0.1) is 0 Å². The predicted octanol–water partition coefficient (Wildman–Crippen LogP) is 3.56. The molecule has 118 valence electrons. The summed E-state index contributed by atoms with van der Waals surface area (Å²) in [6.07, 6.45) is 0.771. The first-order chi connectivity index (χ1) is 9.73. The lowest BCUT2D eigenvalue weighted by molar-refractivity contribution is -0.386. The minimum atomic E-state index is -0.382. The van der Waals surface area contributed by atoms with Gasteiger partial charge in [-0.25, -0.2) is 0 Å². The van der Waals surface area contributed by atoms with Gasteiger partial charge in [0, 0.05) is 24.1 Å². The molecule has 0 amide bonds. The van der Waals surface area contributed by atoms with Crippen LogP contribution in [0.5, 0.6) is 5.75 Å². The van der Waals surface area contributed by atoms with E-state index in [1.165, 1.54) is 0 Å². The molecule has 0 spiro atoms. The number of ether oxygens (including phenoxy) is 1. The highest BCUT2D eigenvalue weighted by molar-refractivity contribution is 5.48. The van der Waals surface area contributed by atoms with Crippen molar-refractivity contribution in [2.75, 3.05) is 13.2 Å². The van der Waals surface area contributed by atoms with Crippen molar-refractivity contribution in [2.24, 2.45) is 5.92 Å². The van der Waals surface area contributed by atoms with Crippen LogP contribution in [0.4, 0.5) is 5.69 Å². The third kappa shape index (κ3) is 6.12. The molecule has 0 heterocycles. The number of benzene rings is 1. The van der Waals surface area contributed by atoms with E-state index >= 15 is 0 Å². The highest BCUT2D eigenvalue weighted by Crippen LogP contribution is 2.28. The minimum absolute atomic E-state index is 0.0466. The first kappa shape index (κ1) is 17.4. The second-order valence-electron chi connectivity index (χ2n) is 6.46. The largest absolute Gasteiger partial charge is 0.486 e. The number of aryl methyl sites for hydroxylation is 1. The Morgan fingerprint density at radius 3 is 2.57 bits per heavy atom. The molecule has 0 saturated heterocycles. The molecule has 1 aromatic rings. The quantitative estimate of drug-likeness (QED) is 0.617. The van der Waals surface area contributed by atoms with Gasteiger partial charge in [0.15, 0.2) is 5.75 Å². The fourth-order valence-corrected chi connectivity index (χ4v) is 1.82. The average molecular weight is 294 g/mol. The van der Waals surface area contributed by atoms with Crippen molar-refractivity contribution >= 4 is 5.69 Å². The van der Waals surface area contributed by atoms with Gasteiger partial charge in [-0.05, 0) is 38.8 Å². The van der Waals surface area contributed by atoms with Crippen molar-refractivity contribution < 1.29 is 9.66 Å². The van der Waals surface area contributed by atoms with Crippen molar-refractivity contribution in [3.8, 4) is 5.75 Å². The first-order valence-electron chi connectivity index (χ1n) is 7.38. The topological polar surface area (TPSA) is 64.4 Å². The number of rotatable bonds is 7. The summed E-state index contributed by atoms with van der Waals surface area (Å²) in [6, 6.07) is 5.16. The Morgan fingerprint density at radius 1 is 1.38 bits per heavy atom. The molecule has 1 aromatic carbocycles. The maximum Gasteiger partial charge on any atom is 0.311 e. The van der Waals surface area contributed by atoms with Crippen LogP contribution in [0.1, 0.15) is 40.2 Å². The molecule has 1 N–H and O–H groups in total. The molecule has 1 unspecified atom stereocenters. The predicted molar refractivity (Wildman–Crippen MR) is 84.9 cm³/mol. The van der Waals surface area contributed by atoms with Crippen molar-refractivity contribution in [3.05, 3.63) is 33.9 Å². The molecular weight excluding hydrogens is 268 g/mol. The molecule has 0 bridgehead atoms. The van der Waals surface area contributed by atoms with E-state index in [-0.39, 0.29) is 22.1 Å². The van der Waals surface area contributed by atoms with Crippen LogP contribution in [0.2, 0.25) is 0 Å². The van der Waals surface area contributed by atoms with Crippen LogP contribution in [-0.2, 0) is 6.42 Å². The summed E-state index contributed by atoms with van der Waals surface area (Å²) < 4.78 is 5.64. The van der Waals surface area contributed by atoms with Gasteiger partial charge in [0.2, 0.25) is 0 Å². The summed E-state index contributed by atoms with van der Waals surface area (Å²) in [5, 5.41) is 14.5. The smallest absolute Gasteiger partial charge is 0.311 e.